The van der Waals surface area contributed by atoms with E-state index in [0.29, 0.717) is 6.42 Å². The molecule has 0 radical (unpaired) electrons. The second kappa shape index (κ2) is 6.15. The molecule has 1 rings (SSSR count). The Labute approximate surface area is 102 Å². The number of hydrogen-bond donors (Lipinski definition) is 1. The molecule has 1 aromatic carbocycles. The van der Waals surface area contributed by atoms with Crippen molar-refractivity contribution in [3.63, 3.8) is 0 Å². The summed E-state index contributed by atoms with van der Waals surface area (Å²) in [5.74, 6) is -0.881. The van der Waals surface area contributed by atoms with Crippen LogP contribution in [0.1, 0.15) is 5.56 Å². The van der Waals surface area contributed by atoms with E-state index >= 15 is 0 Å². The minimum atomic E-state index is -2.05. The lowest BCUT2D eigenvalue weighted by Crippen LogP contribution is -2.30. The van der Waals surface area contributed by atoms with Gasteiger partial charge in [0.25, 0.3) is 17.2 Å². The Bertz CT molecular complexity index is 409. The van der Waals surface area contributed by atoms with Crippen molar-refractivity contribution in [1.29, 1.82) is 0 Å². The third kappa shape index (κ3) is 4.36. The molecule has 1 atom stereocenters. The predicted molar refractivity (Wildman–Crippen MR) is 60.6 cm³/mol. The lowest BCUT2D eigenvalue weighted by atomic mass is 10.1. The first-order valence-corrected chi connectivity index (χ1v) is 5.23. The fraction of sp³-hybridized carbons (Fsp3) is 0.300. The average Bonchev–Trinajstić information content (AvgIpc) is 2.29. The number of benzene rings is 1. The van der Waals surface area contributed by atoms with Crippen LogP contribution >= 0.6 is 11.6 Å². The smallest absolute Gasteiger partial charge is 0.270 e. The summed E-state index contributed by atoms with van der Waals surface area (Å²) < 4.78 is 12.2. The Morgan fingerprint density at radius 3 is 2.53 bits per heavy atom. The molecular formula is C10H10ClFN2O3. The van der Waals surface area contributed by atoms with Crippen molar-refractivity contribution in [1.82, 2.24) is 5.32 Å². The number of halogens is 2. The first-order chi connectivity index (χ1) is 8.00. The van der Waals surface area contributed by atoms with Crippen molar-refractivity contribution in [2.45, 2.75) is 12.1 Å². The van der Waals surface area contributed by atoms with E-state index in [2.05, 4.69) is 5.32 Å². The third-order valence-electron chi connectivity index (χ3n) is 2.06. The van der Waals surface area contributed by atoms with Crippen LogP contribution in [-0.2, 0) is 11.2 Å². The second-order valence-corrected chi connectivity index (χ2v) is 3.65. The summed E-state index contributed by atoms with van der Waals surface area (Å²) in [6.07, 6.45) is 0.452. The number of amides is 1. The minimum absolute atomic E-state index is 0.00219. The number of nitro benzene ring substituents is 1. The van der Waals surface area contributed by atoms with Gasteiger partial charge in [-0.2, -0.15) is 0 Å². The van der Waals surface area contributed by atoms with E-state index in [-0.39, 0.29) is 12.2 Å². The topological polar surface area (TPSA) is 72.2 Å². The molecule has 0 saturated heterocycles. The summed E-state index contributed by atoms with van der Waals surface area (Å²) in [5.41, 5.74) is -1.24. The molecular weight excluding hydrogens is 251 g/mol. The van der Waals surface area contributed by atoms with E-state index in [1.165, 1.54) is 12.1 Å². The molecule has 0 saturated carbocycles. The van der Waals surface area contributed by atoms with Crippen LogP contribution in [0.4, 0.5) is 10.1 Å². The number of non-ortho nitro benzene ring substituents is 1. The highest BCUT2D eigenvalue weighted by molar-refractivity contribution is 6.29. The molecule has 0 aromatic heterocycles. The number of rotatable bonds is 5. The molecule has 5 nitrogen and oxygen atoms in total. The maximum atomic E-state index is 12.2. The lowest BCUT2D eigenvalue weighted by molar-refractivity contribution is -0.384. The molecule has 0 bridgehead atoms. The maximum absolute atomic E-state index is 12.2. The van der Waals surface area contributed by atoms with Crippen LogP contribution in [0.2, 0.25) is 0 Å². The Kier molecular flexibility index (Phi) is 4.84. The van der Waals surface area contributed by atoms with Gasteiger partial charge in [0.15, 0.2) is 0 Å². The van der Waals surface area contributed by atoms with Gasteiger partial charge in [-0.1, -0.05) is 23.7 Å². The summed E-state index contributed by atoms with van der Waals surface area (Å²) in [6.45, 7) is 0.226. The number of carbonyl (C=O) groups is 1. The number of nitrogens with zero attached hydrogens (tertiary/aromatic N) is 1. The molecule has 1 aromatic rings. The van der Waals surface area contributed by atoms with Crippen LogP contribution in [0.3, 0.4) is 0 Å². The van der Waals surface area contributed by atoms with Crippen molar-refractivity contribution < 1.29 is 14.1 Å². The molecule has 17 heavy (non-hydrogen) atoms. The van der Waals surface area contributed by atoms with Gasteiger partial charge >= 0.3 is 0 Å². The predicted octanol–water partition coefficient (Wildman–Crippen LogP) is 1.79. The molecule has 1 amide bonds. The van der Waals surface area contributed by atoms with E-state index in [1.54, 1.807) is 12.1 Å². The number of alkyl halides is 2. The molecule has 1 N–H and O–H groups in total. The first-order valence-electron chi connectivity index (χ1n) is 4.80. The Hall–Kier alpha value is -1.69. The summed E-state index contributed by atoms with van der Waals surface area (Å²) in [5, 5.41) is 12.7. The van der Waals surface area contributed by atoms with Crippen molar-refractivity contribution >= 4 is 23.2 Å². The molecule has 0 aliphatic carbocycles. The Morgan fingerprint density at radius 2 is 2.06 bits per heavy atom. The van der Waals surface area contributed by atoms with Gasteiger partial charge in [-0.3, -0.25) is 14.9 Å². The van der Waals surface area contributed by atoms with E-state index in [9.17, 15) is 19.3 Å². The molecule has 0 aliphatic heterocycles. The average molecular weight is 261 g/mol. The lowest BCUT2D eigenvalue weighted by Gasteiger charge is -2.04. The highest BCUT2D eigenvalue weighted by atomic mass is 35.5. The van der Waals surface area contributed by atoms with E-state index in [0.717, 1.165) is 5.56 Å². The standard InChI is InChI=1S/C10H10ClFN2O3/c11-9(12)10(15)13-6-5-7-1-3-8(4-2-7)14(16)17/h1-4,9H,5-6H2,(H,13,15)/t9-/m1/s1. The molecule has 0 fully saturated rings. The summed E-state index contributed by atoms with van der Waals surface area (Å²) in [7, 11) is 0. The number of carbonyl (C=O) groups excluding carboxylic acids is 1. The molecule has 0 aliphatic rings. The highest BCUT2D eigenvalue weighted by Gasteiger charge is 2.11. The Morgan fingerprint density at radius 1 is 1.47 bits per heavy atom. The van der Waals surface area contributed by atoms with Crippen LogP contribution in [0.15, 0.2) is 24.3 Å². The maximum Gasteiger partial charge on any atom is 0.270 e. The number of nitro groups is 1. The molecule has 0 heterocycles. The number of nitrogens with one attached hydrogen (secondary N) is 1. The van der Waals surface area contributed by atoms with Crippen LogP contribution < -0.4 is 5.32 Å². The van der Waals surface area contributed by atoms with Crippen molar-refractivity contribution in [2.24, 2.45) is 0 Å². The van der Waals surface area contributed by atoms with E-state index in [4.69, 9.17) is 11.6 Å². The third-order valence-corrected chi connectivity index (χ3v) is 2.26. The monoisotopic (exact) mass is 260 g/mol. The SMILES string of the molecule is O=C(NCCc1ccc([N+](=O)[O-])cc1)[C@@H](F)Cl. The van der Waals surface area contributed by atoms with Gasteiger partial charge in [0.05, 0.1) is 4.92 Å². The van der Waals surface area contributed by atoms with Crippen molar-refractivity contribution in [2.75, 3.05) is 6.54 Å². The minimum Gasteiger partial charge on any atom is -0.352 e. The fourth-order valence-corrected chi connectivity index (χ4v) is 1.27. The quantitative estimate of drug-likeness (QED) is 0.498. The summed E-state index contributed by atoms with van der Waals surface area (Å²) >= 11 is 4.91. The normalized spacial score (nSPS) is 11.9. The summed E-state index contributed by atoms with van der Waals surface area (Å²) in [6, 6.07) is 5.91. The highest BCUT2D eigenvalue weighted by Crippen LogP contribution is 2.11. The van der Waals surface area contributed by atoms with Gasteiger partial charge in [0.2, 0.25) is 0 Å². The van der Waals surface area contributed by atoms with Crippen LogP contribution in [0.5, 0.6) is 0 Å². The van der Waals surface area contributed by atoms with E-state index < -0.39 is 16.5 Å². The van der Waals surface area contributed by atoms with Gasteiger partial charge < -0.3 is 5.32 Å². The van der Waals surface area contributed by atoms with Crippen molar-refractivity contribution in [3.8, 4) is 0 Å². The number of hydrogen-bond acceptors (Lipinski definition) is 3. The van der Waals surface area contributed by atoms with E-state index in [1.807, 2.05) is 0 Å². The Balaban J connectivity index is 2.42. The van der Waals surface area contributed by atoms with Crippen LogP contribution in [0, 0.1) is 10.1 Å². The first kappa shape index (κ1) is 13.4. The largest absolute Gasteiger partial charge is 0.352 e. The molecule has 92 valence electrons. The molecule has 0 unspecified atom stereocenters. The van der Waals surface area contributed by atoms with Crippen LogP contribution in [0.25, 0.3) is 0 Å². The fourth-order valence-electron chi connectivity index (χ4n) is 1.19. The van der Waals surface area contributed by atoms with Gasteiger partial charge in [-0.15, -0.1) is 0 Å². The zero-order valence-corrected chi connectivity index (χ0v) is 9.48. The molecule has 7 heteroatoms. The van der Waals surface area contributed by atoms with Gasteiger partial charge in [0.1, 0.15) is 0 Å². The van der Waals surface area contributed by atoms with Crippen LogP contribution in [-0.4, -0.2) is 23.0 Å². The van der Waals surface area contributed by atoms with Gasteiger partial charge in [-0.25, -0.2) is 4.39 Å². The zero-order valence-electron chi connectivity index (χ0n) is 8.73. The zero-order chi connectivity index (χ0) is 12.8. The van der Waals surface area contributed by atoms with Gasteiger partial charge in [0, 0.05) is 18.7 Å². The van der Waals surface area contributed by atoms with Crippen molar-refractivity contribution in [3.05, 3.63) is 39.9 Å². The van der Waals surface area contributed by atoms with Gasteiger partial charge in [-0.05, 0) is 12.0 Å². The summed E-state index contributed by atoms with van der Waals surface area (Å²) in [4.78, 5) is 20.7. The second-order valence-electron chi connectivity index (χ2n) is 3.27. The molecule has 0 spiro atoms.